The van der Waals surface area contributed by atoms with E-state index in [1.165, 1.54) is 16.7 Å². The van der Waals surface area contributed by atoms with Gasteiger partial charge in [0.15, 0.2) is 6.10 Å². The van der Waals surface area contributed by atoms with Crippen LogP contribution in [0.1, 0.15) is 44.4 Å². The number of allylic oxidation sites excluding steroid dienone is 4. The van der Waals surface area contributed by atoms with E-state index < -0.39 is 52.8 Å². The molecule has 1 unspecified atom stereocenters. The van der Waals surface area contributed by atoms with Crippen LogP contribution in [0.15, 0.2) is 107 Å². The molecule has 49 heavy (non-hydrogen) atoms. The van der Waals surface area contributed by atoms with Crippen LogP contribution in [0.5, 0.6) is 0 Å². The lowest BCUT2D eigenvalue weighted by Gasteiger charge is -2.49. The average Bonchev–Trinajstić information content (AvgIpc) is 3.08. The van der Waals surface area contributed by atoms with Crippen LogP contribution >= 0.6 is 11.8 Å². The number of carbonyl (C=O) groups is 4. The van der Waals surface area contributed by atoms with E-state index in [1.807, 2.05) is 60.7 Å². The molecule has 1 aliphatic carbocycles. The number of amides is 2. The molecule has 2 heterocycles. The first-order valence-electron chi connectivity index (χ1n) is 15.6. The summed E-state index contributed by atoms with van der Waals surface area (Å²) in [6.07, 6.45) is 6.14. The Balaban J connectivity index is 1.27. The van der Waals surface area contributed by atoms with Crippen molar-refractivity contribution >= 4 is 41.2 Å². The molecule has 14 heteroatoms. The number of fused-ring (bicyclic) bond motifs is 1. The molecule has 0 bridgehead atoms. The van der Waals surface area contributed by atoms with Gasteiger partial charge in [-0.2, -0.15) is 0 Å². The van der Waals surface area contributed by atoms with Crippen molar-refractivity contribution in [3.63, 3.8) is 0 Å². The van der Waals surface area contributed by atoms with Crippen molar-refractivity contribution in [1.82, 2.24) is 10.2 Å². The molecule has 3 aliphatic rings. The van der Waals surface area contributed by atoms with E-state index in [-0.39, 0.29) is 31.0 Å². The van der Waals surface area contributed by atoms with E-state index in [9.17, 15) is 19.2 Å². The van der Waals surface area contributed by atoms with Crippen molar-refractivity contribution in [1.29, 1.82) is 0 Å². The van der Waals surface area contributed by atoms with Crippen LogP contribution in [0.2, 0.25) is 0 Å². The van der Waals surface area contributed by atoms with Crippen molar-refractivity contribution in [2.45, 2.75) is 50.3 Å². The maximum atomic E-state index is 13.9. The van der Waals surface area contributed by atoms with Gasteiger partial charge in [-0.05, 0) is 49.1 Å². The first kappa shape index (κ1) is 35.0. The molecule has 0 spiro atoms. The number of carbonyl (C=O) groups excluding carboxylic acids is 4. The SMILES string of the molecule is CC(C)(C)OC(=O)CON=C1C=CC=CC1CC(=O)N[C@@H]1C(=O)N2C(C(=O)OC(c3ccccc3)c3ccccc3)=C(CN=[N+]=[N-])CS[C@H]12. The number of benzene rings is 2. The minimum atomic E-state index is -0.896. The number of nitrogens with zero attached hydrogens (tertiary/aromatic N) is 5. The predicted molar refractivity (Wildman–Crippen MR) is 182 cm³/mol. The first-order valence-corrected chi connectivity index (χ1v) is 16.6. The summed E-state index contributed by atoms with van der Waals surface area (Å²) in [5.74, 6) is -2.40. The van der Waals surface area contributed by atoms with E-state index in [0.29, 0.717) is 11.3 Å². The van der Waals surface area contributed by atoms with Gasteiger partial charge in [0.25, 0.3) is 5.91 Å². The molecule has 3 atom stereocenters. The highest BCUT2D eigenvalue weighted by molar-refractivity contribution is 8.00. The molecule has 2 aromatic carbocycles. The number of thioether (sulfide) groups is 1. The summed E-state index contributed by atoms with van der Waals surface area (Å²) in [5, 5.41) is 9.92. The highest BCUT2D eigenvalue weighted by atomic mass is 32.2. The predicted octanol–water partition coefficient (Wildman–Crippen LogP) is 5.13. The third-order valence-electron chi connectivity index (χ3n) is 7.59. The summed E-state index contributed by atoms with van der Waals surface area (Å²) >= 11 is 1.35. The van der Waals surface area contributed by atoms with Crippen LogP contribution in [0, 0.1) is 5.92 Å². The molecule has 5 rings (SSSR count). The van der Waals surface area contributed by atoms with Gasteiger partial charge >= 0.3 is 11.9 Å². The normalized spacial score (nSPS) is 20.7. The fourth-order valence-electron chi connectivity index (χ4n) is 5.47. The van der Waals surface area contributed by atoms with E-state index >= 15 is 0 Å². The minimum absolute atomic E-state index is 0.0143. The van der Waals surface area contributed by atoms with Crippen molar-refractivity contribution < 1.29 is 33.5 Å². The van der Waals surface area contributed by atoms with Crippen molar-refractivity contribution in [2.24, 2.45) is 16.2 Å². The number of oxime groups is 1. The maximum absolute atomic E-state index is 13.9. The monoisotopic (exact) mass is 684 g/mol. The lowest BCUT2D eigenvalue weighted by molar-refractivity contribution is -0.160. The molecule has 13 nitrogen and oxygen atoms in total. The Morgan fingerprint density at radius 3 is 2.37 bits per heavy atom. The van der Waals surface area contributed by atoms with Crippen LogP contribution in [0.3, 0.4) is 0 Å². The average molecular weight is 685 g/mol. The molecule has 2 aromatic rings. The first-order chi connectivity index (χ1) is 23.6. The molecule has 2 amide bonds. The number of nitrogens with one attached hydrogen (secondary N) is 1. The molecule has 1 fully saturated rings. The summed E-state index contributed by atoms with van der Waals surface area (Å²) in [7, 11) is 0. The number of hydrogen-bond donors (Lipinski definition) is 1. The number of β-lactam (4-membered cyclic amide) rings is 1. The van der Waals surface area contributed by atoms with E-state index in [1.54, 1.807) is 45.1 Å². The second kappa shape index (κ2) is 15.7. The molecule has 254 valence electrons. The zero-order valence-corrected chi connectivity index (χ0v) is 28.0. The van der Waals surface area contributed by atoms with Crippen molar-refractivity contribution in [3.05, 3.63) is 118 Å². The van der Waals surface area contributed by atoms with Gasteiger partial charge in [-0.25, -0.2) is 9.59 Å². The van der Waals surface area contributed by atoms with Gasteiger partial charge < -0.3 is 19.6 Å². The third-order valence-corrected chi connectivity index (χ3v) is 8.93. The van der Waals surface area contributed by atoms with Gasteiger partial charge in [-0.1, -0.05) is 89.2 Å². The van der Waals surface area contributed by atoms with Gasteiger partial charge in [0.2, 0.25) is 12.5 Å². The Bertz CT molecular complexity index is 1710. The van der Waals surface area contributed by atoms with Crippen LogP contribution in [-0.2, 0) is 33.5 Å². The Morgan fingerprint density at radius 1 is 1.06 bits per heavy atom. The van der Waals surface area contributed by atoms with E-state index in [0.717, 1.165) is 11.1 Å². The summed E-state index contributed by atoms with van der Waals surface area (Å²) in [6, 6.07) is 17.6. The minimum Gasteiger partial charge on any atom is -0.457 e. The summed E-state index contributed by atoms with van der Waals surface area (Å²) in [6.45, 7) is 4.73. The smallest absolute Gasteiger partial charge is 0.356 e. The van der Waals surface area contributed by atoms with Gasteiger partial charge in [0.1, 0.15) is 22.7 Å². The Hall–Kier alpha value is -5.33. The van der Waals surface area contributed by atoms with Crippen LogP contribution in [-0.4, -0.2) is 70.3 Å². The van der Waals surface area contributed by atoms with Gasteiger partial charge in [0.05, 0.1) is 12.3 Å². The maximum Gasteiger partial charge on any atom is 0.356 e. The quantitative estimate of drug-likeness (QED) is 0.0800. The Kier molecular flexibility index (Phi) is 11.2. The van der Waals surface area contributed by atoms with Crippen molar-refractivity contribution in [2.75, 3.05) is 18.9 Å². The van der Waals surface area contributed by atoms with Crippen LogP contribution in [0.25, 0.3) is 10.4 Å². The molecule has 1 saturated heterocycles. The third kappa shape index (κ3) is 8.78. The summed E-state index contributed by atoms with van der Waals surface area (Å²) in [4.78, 5) is 62.1. The Labute approximate surface area is 287 Å². The molecule has 0 saturated carbocycles. The fourth-order valence-corrected chi connectivity index (χ4v) is 6.80. The Morgan fingerprint density at radius 2 is 1.73 bits per heavy atom. The van der Waals surface area contributed by atoms with Gasteiger partial charge in [-0.3, -0.25) is 14.5 Å². The number of esters is 2. The highest BCUT2D eigenvalue weighted by Gasteiger charge is 2.54. The topological polar surface area (TPSA) is 172 Å². The molecule has 0 aromatic heterocycles. The molecule has 2 aliphatic heterocycles. The second-order valence-corrected chi connectivity index (χ2v) is 13.4. The zero-order chi connectivity index (χ0) is 35.0. The number of rotatable bonds is 12. The van der Waals surface area contributed by atoms with E-state index in [2.05, 4.69) is 20.5 Å². The van der Waals surface area contributed by atoms with Crippen LogP contribution < -0.4 is 5.32 Å². The number of ether oxygens (including phenoxy) is 2. The second-order valence-electron chi connectivity index (χ2n) is 12.3. The lowest BCUT2D eigenvalue weighted by Crippen LogP contribution is -2.70. The van der Waals surface area contributed by atoms with Gasteiger partial charge in [0, 0.05) is 23.0 Å². The fraction of sp³-hybridized carbons (Fsp3) is 0.343. The summed E-state index contributed by atoms with van der Waals surface area (Å²) < 4.78 is 11.3. The summed E-state index contributed by atoms with van der Waals surface area (Å²) in [5.41, 5.74) is 10.7. The van der Waals surface area contributed by atoms with Gasteiger partial charge in [-0.15, -0.1) is 11.8 Å². The van der Waals surface area contributed by atoms with Crippen molar-refractivity contribution in [3.8, 4) is 0 Å². The largest absolute Gasteiger partial charge is 0.457 e. The number of azide groups is 1. The number of hydrogen-bond acceptors (Lipinski definition) is 10. The van der Waals surface area contributed by atoms with Crippen LogP contribution in [0.4, 0.5) is 0 Å². The highest BCUT2D eigenvalue weighted by Crippen LogP contribution is 2.42. The lowest BCUT2D eigenvalue weighted by atomic mass is 9.94. The molecule has 0 radical (unpaired) electrons. The molecular weight excluding hydrogens is 648 g/mol. The standard InChI is InChI=1S/C35H36N6O7S/c1-35(2,3)48-28(43)20-46-39-26-17-11-10-16-24(26)18-27(42)38-29-32(44)41-30(25(19-37-40-36)21-49-33(29)41)34(45)47-31(22-12-6-4-7-13-22)23-14-8-5-9-15-23/h4-17,24,29,31,33H,18-21H2,1-3H3,(H,38,42)/t24?,29-,33-/m1/s1. The molecule has 1 N–H and O–H groups in total. The zero-order valence-electron chi connectivity index (χ0n) is 27.2. The van der Waals surface area contributed by atoms with E-state index in [4.69, 9.17) is 19.8 Å². The molecular formula is C35H36N6O7S.